The van der Waals surface area contributed by atoms with E-state index >= 15 is 0 Å². The summed E-state index contributed by atoms with van der Waals surface area (Å²) < 4.78 is 0. The molecule has 114 valence electrons. The Labute approximate surface area is 124 Å². The van der Waals surface area contributed by atoms with Crippen molar-refractivity contribution in [2.75, 3.05) is 50.6 Å². The Morgan fingerprint density at radius 3 is 2.67 bits per heavy atom. The van der Waals surface area contributed by atoms with Crippen molar-refractivity contribution in [1.82, 2.24) is 4.90 Å². The summed E-state index contributed by atoms with van der Waals surface area (Å²) in [5.74, 6) is -0.772. The largest absolute Gasteiger partial charge is 0.480 e. The Balaban J connectivity index is 2.17. The second-order valence-corrected chi connectivity index (χ2v) is 5.59. The molecule has 0 unspecified atom stereocenters. The van der Waals surface area contributed by atoms with Crippen molar-refractivity contribution in [2.24, 2.45) is 0 Å². The van der Waals surface area contributed by atoms with Crippen molar-refractivity contribution in [3.63, 3.8) is 0 Å². The number of rotatable bonds is 6. The third-order valence-corrected chi connectivity index (χ3v) is 3.58. The van der Waals surface area contributed by atoms with Gasteiger partial charge in [-0.05, 0) is 37.9 Å². The number of carbonyl (C=O) groups excluding carboxylic acids is 1. The minimum Gasteiger partial charge on any atom is -0.480 e. The highest BCUT2D eigenvalue weighted by molar-refractivity contribution is 6.01. The van der Waals surface area contributed by atoms with E-state index in [1.165, 1.54) is 0 Å². The van der Waals surface area contributed by atoms with E-state index in [1.807, 2.05) is 37.2 Å². The van der Waals surface area contributed by atoms with Crippen LogP contribution in [0.1, 0.15) is 5.56 Å². The summed E-state index contributed by atoms with van der Waals surface area (Å²) in [4.78, 5) is 28.4. The van der Waals surface area contributed by atoms with Gasteiger partial charge in [-0.15, -0.1) is 0 Å². The first-order valence-electron chi connectivity index (χ1n) is 6.89. The molecule has 1 N–H and O–H groups in total. The summed E-state index contributed by atoms with van der Waals surface area (Å²) >= 11 is 0. The van der Waals surface area contributed by atoms with Crippen LogP contribution in [0.25, 0.3) is 0 Å². The molecule has 1 aromatic carbocycles. The molecule has 1 aromatic rings. The van der Waals surface area contributed by atoms with Crippen molar-refractivity contribution in [2.45, 2.75) is 6.42 Å². The number of aliphatic carboxylic acids is 1. The molecule has 2 rings (SSSR count). The lowest BCUT2D eigenvalue weighted by Crippen LogP contribution is -2.33. The Kier molecular flexibility index (Phi) is 4.47. The van der Waals surface area contributed by atoms with Crippen LogP contribution in [0.5, 0.6) is 0 Å². The Bertz CT molecular complexity index is 557. The molecule has 0 fully saturated rings. The molecule has 1 aliphatic rings. The number of carbonyl (C=O) groups is 2. The zero-order chi connectivity index (χ0) is 15.6. The normalized spacial score (nSPS) is 13.7. The molecule has 6 heteroatoms. The lowest BCUT2D eigenvalue weighted by atomic mass is 10.1. The molecular formula is C15H21N3O3. The molecule has 0 saturated heterocycles. The fraction of sp³-hybridized carbons (Fsp3) is 0.467. The van der Waals surface area contributed by atoms with Gasteiger partial charge in [0.15, 0.2) is 0 Å². The van der Waals surface area contributed by atoms with Gasteiger partial charge in [0.2, 0.25) is 5.91 Å². The predicted molar refractivity (Wildman–Crippen MR) is 82.0 cm³/mol. The maximum Gasteiger partial charge on any atom is 0.323 e. The van der Waals surface area contributed by atoms with Crippen LogP contribution >= 0.6 is 0 Å². The van der Waals surface area contributed by atoms with Crippen LogP contribution in [0.3, 0.4) is 0 Å². The molecule has 0 aromatic heterocycles. The lowest BCUT2D eigenvalue weighted by molar-refractivity contribution is -0.135. The Morgan fingerprint density at radius 1 is 1.33 bits per heavy atom. The third-order valence-electron chi connectivity index (χ3n) is 3.58. The van der Waals surface area contributed by atoms with Gasteiger partial charge < -0.3 is 19.8 Å². The monoisotopic (exact) mass is 291 g/mol. The van der Waals surface area contributed by atoms with E-state index < -0.39 is 5.97 Å². The number of nitrogens with zero attached hydrogens (tertiary/aromatic N) is 3. The van der Waals surface area contributed by atoms with Gasteiger partial charge in [0.25, 0.3) is 0 Å². The van der Waals surface area contributed by atoms with E-state index in [4.69, 9.17) is 5.11 Å². The number of anilines is 2. The van der Waals surface area contributed by atoms with Crippen LogP contribution < -0.4 is 9.80 Å². The van der Waals surface area contributed by atoms with E-state index in [-0.39, 0.29) is 12.5 Å². The first-order valence-corrected chi connectivity index (χ1v) is 6.89. The maximum atomic E-state index is 12.1. The van der Waals surface area contributed by atoms with Gasteiger partial charge in [0.05, 0.1) is 6.42 Å². The van der Waals surface area contributed by atoms with E-state index in [0.717, 1.165) is 23.5 Å². The number of carboxylic acids is 1. The van der Waals surface area contributed by atoms with Gasteiger partial charge in [0.1, 0.15) is 6.54 Å². The van der Waals surface area contributed by atoms with E-state index in [0.29, 0.717) is 13.0 Å². The molecule has 6 nitrogen and oxygen atoms in total. The van der Waals surface area contributed by atoms with Crippen molar-refractivity contribution >= 4 is 23.3 Å². The van der Waals surface area contributed by atoms with Crippen LogP contribution in [0.4, 0.5) is 11.4 Å². The quantitative estimate of drug-likeness (QED) is 0.834. The summed E-state index contributed by atoms with van der Waals surface area (Å²) in [6.07, 6.45) is 0.386. The highest BCUT2D eigenvalue weighted by atomic mass is 16.4. The smallest absolute Gasteiger partial charge is 0.323 e. The molecule has 0 saturated carbocycles. The fourth-order valence-corrected chi connectivity index (χ4v) is 2.45. The average Bonchev–Trinajstić information content (AvgIpc) is 2.70. The first-order chi connectivity index (χ1) is 9.88. The zero-order valence-electron chi connectivity index (χ0n) is 12.7. The summed E-state index contributed by atoms with van der Waals surface area (Å²) in [5.41, 5.74) is 2.72. The molecule has 0 radical (unpaired) electrons. The molecule has 1 amide bonds. The average molecular weight is 291 g/mol. The fourth-order valence-electron chi connectivity index (χ4n) is 2.45. The zero-order valence-corrected chi connectivity index (χ0v) is 12.7. The van der Waals surface area contributed by atoms with E-state index in [1.54, 1.807) is 16.8 Å². The summed E-state index contributed by atoms with van der Waals surface area (Å²) in [5, 5.41) is 8.84. The van der Waals surface area contributed by atoms with Gasteiger partial charge in [-0.25, -0.2) is 0 Å². The van der Waals surface area contributed by atoms with Crippen LogP contribution in [-0.4, -0.2) is 62.7 Å². The second-order valence-electron chi connectivity index (χ2n) is 5.59. The van der Waals surface area contributed by atoms with Crippen molar-refractivity contribution in [3.8, 4) is 0 Å². The highest BCUT2D eigenvalue weighted by Gasteiger charge is 2.27. The topological polar surface area (TPSA) is 64.1 Å². The summed E-state index contributed by atoms with van der Waals surface area (Å²) in [7, 11) is 5.69. The van der Waals surface area contributed by atoms with Gasteiger partial charge in [-0.2, -0.15) is 0 Å². The number of likely N-dealkylation sites (N-methyl/N-ethyl adjacent to an activating group) is 2. The number of hydrogen-bond donors (Lipinski definition) is 1. The van der Waals surface area contributed by atoms with Crippen LogP contribution in [0.2, 0.25) is 0 Å². The van der Waals surface area contributed by atoms with Gasteiger partial charge in [-0.3, -0.25) is 9.59 Å². The second kappa shape index (κ2) is 6.13. The SMILES string of the molecule is CN(C)CCN1C(=O)Cc2cc(N(C)CC(=O)O)ccc21. The first kappa shape index (κ1) is 15.3. The van der Waals surface area contributed by atoms with Gasteiger partial charge in [0, 0.05) is 31.5 Å². The number of fused-ring (bicyclic) bond motifs is 1. The maximum absolute atomic E-state index is 12.1. The highest BCUT2D eigenvalue weighted by Crippen LogP contribution is 2.31. The Hall–Kier alpha value is -2.08. The number of amides is 1. The molecule has 0 aliphatic carbocycles. The van der Waals surface area contributed by atoms with Crippen molar-refractivity contribution < 1.29 is 14.7 Å². The number of carboxylic acid groups (broad SMARTS) is 1. The molecule has 1 aliphatic heterocycles. The van der Waals surface area contributed by atoms with E-state index in [9.17, 15) is 9.59 Å². The van der Waals surface area contributed by atoms with Crippen LogP contribution in [0, 0.1) is 0 Å². The Morgan fingerprint density at radius 2 is 2.05 bits per heavy atom. The third kappa shape index (κ3) is 3.52. The van der Waals surface area contributed by atoms with Crippen LogP contribution in [0.15, 0.2) is 18.2 Å². The minimum atomic E-state index is -0.873. The number of benzene rings is 1. The molecule has 0 bridgehead atoms. The summed E-state index contributed by atoms with van der Waals surface area (Å²) in [6.45, 7) is 1.42. The molecular weight excluding hydrogens is 270 g/mol. The molecule has 0 spiro atoms. The van der Waals surface area contributed by atoms with Crippen LogP contribution in [-0.2, 0) is 16.0 Å². The molecule has 1 heterocycles. The van der Waals surface area contributed by atoms with Crippen molar-refractivity contribution in [3.05, 3.63) is 23.8 Å². The van der Waals surface area contributed by atoms with Gasteiger partial charge >= 0.3 is 5.97 Å². The summed E-state index contributed by atoms with van der Waals surface area (Å²) in [6, 6.07) is 5.68. The predicted octanol–water partition coefficient (Wildman–Crippen LogP) is 0.658. The minimum absolute atomic E-state index is 0.0585. The standard InChI is InChI=1S/C15H21N3O3/c1-16(2)6-7-18-13-5-4-12(17(3)10-15(20)21)8-11(13)9-14(18)19/h4-5,8H,6-7,9-10H2,1-3H3,(H,20,21). The van der Waals surface area contributed by atoms with Gasteiger partial charge in [-0.1, -0.05) is 0 Å². The van der Waals surface area contributed by atoms with E-state index in [2.05, 4.69) is 0 Å². The molecule has 0 atom stereocenters. The lowest BCUT2D eigenvalue weighted by Gasteiger charge is -2.21. The molecule has 21 heavy (non-hydrogen) atoms. The van der Waals surface area contributed by atoms with Crippen molar-refractivity contribution in [1.29, 1.82) is 0 Å². The number of hydrogen-bond acceptors (Lipinski definition) is 4.